The molecule has 0 aliphatic rings. The zero-order chi connectivity index (χ0) is 20.0. The third-order valence-corrected chi connectivity index (χ3v) is 6.47. The van der Waals surface area contributed by atoms with Crippen LogP contribution in [-0.4, -0.2) is 24.4 Å². The summed E-state index contributed by atoms with van der Waals surface area (Å²) in [7, 11) is -3.72. The Morgan fingerprint density at radius 2 is 1.89 bits per heavy atom. The standard InChI is InChI=1S/C17H14N4O3S4/c22-15(8-5-13-2-1-10-26-13)20-16(25)19-12-3-6-14(7-4-12)28(23,24)21-17-18-9-11-27-17/h1-11H,(H,18,21)(H2,19,20,22,25)/b8-5+. The van der Waals surface area contributed by atoms with E-state index in [1.54, 1.807) is 23.6 Å². The lowest BCUT2D eigenvalue weighted by molar-refractivity contribution is -0.115. The molecule has 0 saturated heterocycles. The number of carbonyl (C=O) groups is 1. The minimum atomic E-state index is -3.72. The Morgan fingerprint density at radius 1 is 1.11 bits per heavy atom. The van der Waals surface area contributed by atoms with Crippen molar-refractivity contribution < 1.29 is 13.2 Å². The van der Waals surface area contributed by atoms with E-state index in [-0.39, 0.29) is 15.9 Å². The molecule has 3 aromatic rings. The van der Waals surface area contributed by atoms with E-state index in [4.69, 9.17) is 12.2 Å². The monoisotopic (exact) mass is 450 g/mol. The van der Waals surface area contributed by atoms with Gasteiger partial charge in [0.2, 0.25) is 5.91 Å². The van der Waals surface area contributed by atoms with Gasteiger partial charge in [-0.25, -0.2) is 13.4 Å². The Hall–Kier alpha value is -2.60. The number of nitrogens with zero attached hydrogens (tertiary/aromatic N) is 1. The highest BCUT2D eigenvalue weighted by Gasteiger charge is 2.15. The van der Waals surface area contributed by atoms with Crippen LogP contribution in [0.5, 0.6) is 0 Å². The number of sulfonamides is 1. The number of aromatic nitrogens is 1. The summed E-state index contributed by atoms with van der Waals surface area (Å²) in [6.07, 6.45) is 4.60. The molecule has 2 aromatic heterocycles. The molecule has 3 rings (SSSR count). The summed E-state index contributed by atoms with van der Waals surface area (Å²) >= 11 is 7.80. The first kappa shape index (κ1) is 20.1. The molecular weight excluding hydrogens is 436 g/mol. The van der Waals surface area contributed by atoms with Gasteiger partial charge in [0.15, 0.2) is 10.2 Å². The van der Waals surface area contributed by atoms with Crippen molar-refractivity contribution in [3.63, 3.8) is 0 Å². The van der Waals surface area contributed by atoms with Gasteiger partial charge in [-0.1, -0.05) is 6.07 Å². The van der Waals surface area contributed by atoms with Crippen molar-refractivity contribution in [2.75, 3.05) is 10.0 Å². The molecule has 1 aromatic carbocycles. The fraction of sp³-hybridized carbons (Fsp3) is 0. The van der Waals surface area contributed by atoms with Gasteiger partial charge in [0.25, 0.3) is 10.0 Å². The maximum atomic E-state index is 12.3. The minimum Gasteiger partial charge on any atom is -0.332 e. The van der Waals surface area contributed by atoms with E-state index in [9.17, 15) is 13.2 Å². The Labute approximate surface area is 175 Å². The fourth-order valence-corrected chi connectivity index (χ4v) is 4.65. The van der Waals surface area contributed by atoms with Crippen LogP contribution in [0.4, 0.5) is 10.8 Å². The molecule has 0 aliphatic heterocycles. The smallest absolute Gasteiger partial charge is 0.263 e. The van der Waals surface area contributed by atoms with E-state index >= 15 is 0 Å². The van der Waals surface area contributed by atoms with Crippen LogP contribution < -0.4 is 15.4 Å². The van der Waals surface area contributed by atoms with Gasteiger partial charge in [0.05, 0.1) is 4.90 Å². The van der Waals surface area contributed by atoms with Crippen LogP contribution in [0.2, 0.25) is 0 Å². The lowest BCUT2D eigenvalue weighted by atomic mass is 10.3. The van der Waals surface area contributed by atoms with Crippen molar-refractivity contribution in [3.8, 4) is 0 Å². The first-order valence-corrected chi connectivity index (χ1v) is 11.4. The molecule has 2 heterocycles. The molecule has 0 spiro atoms. The molecular formula is C17H14N4O3S4. The van der Waals surface area contributed by atoms with Gasteiger partial charge in [-0.15, -0.1) is 22.7 Å². The molecule has 3 N–H and O–H groups in total. The van der Waals surface area contributed by atoms with Gasteiger partial charge in [0, 0.05) is 28.2 Å². The summed E-state index contributed by atoms with van der Waals surface area (Å²) in [6.45, 7) is 0. The Bertz CT molecular complexity index is 1070. The number of hydrogen-bond acceptors (Lipinski definition) is 7. The fourth-order valence-electron chi connectivity index (χ4n) is 2.02. The van der Waals surface area contributed by atoms with Gasteiger partial charge in [0.1, 0.15) is 0 Å². The Morgan fingerprint density at radius 3 is 2.54 bits per heavy atom. The number of rotatable bonds is 6. The summed E-state index contributed by atoms with van der Waals surface area (Å²) in [5.41, 5.74) is 0.542. The lowest BCUT2D eigenvalue weighted by Gasteiger charge is -2.09. The van der Waals surface area contributed by atoms with Crippen molar-refractivity contribution in [1.29, 1.82) is 0 Å². The molecule has 1 amide bonds. The zero-order valence-corrected chi connectivity index (χ0v) is 17.4. The molecule has 0 bridgehead atoms. The number of amides is 1. The van der Waals surface area contributed by atoms with Crippen molar-refractivity contribution in [3.05, 3.63) is 64.3 Å². The molecule has 144 valence electrons. The van der Waals surface area contributed by atoms with Gasteiger partial charge >= 0.3 is 0 Å². The molecule has 0 fully saturated rings. The van der Waals surface area contributed by atoms with Gasteiger partial charge in [-0.3, -0.25) is 14.8 Å². The number of hydrogen-bond donors (Lipinski definition) is 3. The van der Waals surface area contributed by atoms with Gasteiger partial charge in [-0.2, -0.15) is 0 Å². The van der Waals surface area contributed by atoms with E-state index in [0.717, 1.165) is 4.88 Å². The van der Waals surface area contributed by atoms with E-state index in [1.165, 1.54) is 47.1 Å². The summed E-state index contributed by atoms with van der Waals surface area (Å²) in [6, 6.07) is 9.75. The van der Waals surface area contributed by atoms with Crippen LogP contribution in [0, 0.1) is 0 Å². The quantitative estimate of drug-likeness (QED) is 0.392. The summed E-state index contributed by atoms with van der Waals surface area (Å²) in [5.74, 6) is -0.363. The van der Waals surface area contributed by atoms with E-state index < -0.39 is 10.0 Å². The van der Waals surface area contributed by atoms with Crippen LogP contribution >= 0.6 is 34.9 Å². The number of thiophene rings is 1. The van der Waals surface area contributed by atoms with Crippen molar-refractivity contribution >= 4 is 72.8 Å². The number of anilines is 2. The highest BCUT2D eigenvalue weighted by atomic mass is 32.2. The van der Waals surface area contributed by atoms with Crippen LogP contribution in [0.3, 0.4) is 0 Å². The molecule has 0 atom stereocenters. The highest BCUT2D eigenvalue weighted by Crippen LogP contribution is 2.19. The molecule has 7 nitrogen and oxygen atoms in total. The maximum Gasteiger partial charge on any atom is 0.263 e. The number of benzene rings is 1. The molecule has 11 heteroatoms. The second kappa shape index (κ2) is 9.06. The average molecular weight is 451 g/mol. The first-order chi connectivity index (χ1) is 13.4. The van der Waals surface area contributed by atoms with Gasteiger partial charge < -0.3 is 5.32 Å². The maximum absolute atomic E-state index is 12.3. The van der Waals surface area contributed by atoms with Gasteiger partial charge in [-0.05, 0) is 54.0 Å². The average Bonchev–Trinajstić information content (AvgIpc) is 3.34. The van der Waals surface area contributed by atoms with Crippen molar-refractivity contribution in [2.24, 2.45) is 0 Å². The van der Waals surface area contributed by atoms with E-state index in [1.807, 2.05) is 17.5 Å². The van der Waals surface area contributed by atoms with Crippen LogP contribution in [0.15, 0.2) is 64.3 Å². The minimum absolute atomic E-state index is 0.0853. The van der Waals surface area contributed by atoms with Crippen LogP contribution in [-0.2, 0) is 14.8 Å². The number of carbonyl (C=O) groups excluding carboxylic acids is 1. The molecule has 28 heavy (non-hydrogen) atoms. The van der Waals surface area contributed by atoms with Crippen molar-refractivity contribution in [1.82, 2.24) is 10.3 Å². The third-order valence-electron chi connectivity index (χ3n) is 3.26. The lowest BCUT2D eigenvalue weighted by Crippen LogP contribution is -2.32. The largest absolute Gasteiger partial charge is 0.332 e. The zero-order valence-electron chi connectivity index (χ0n) is 14.2. The highest BCUT2D eigenvalue weighted by molar-refractivity contribution is 7.93. The van der Waals surface area contributed by atoms with Crippen LogP contribution in [0.25, 0.3) is 6.08 Å². The molecule has 0 unspecified atom stereocenters. The van der Waals surface area contributed by atoms with E-state index in [2.05, 4.69) is 20.3 Å². The predicted octanol–water partition coefficient (Wildman–Crippen LogP) is 3.53. The molecule has 0 saturated carbocycles. The number of thiocarbonyl (C=S) groups is 1. The summed E-state index contributed by atoms with van der Waals surface area (Å²) in [4.78, 5) is 16.8. The SMILES string of the molecule is O=C(/C=C/c1cccs1)NC(=S)Nc1ccc(S(=O)(=O)Nc2nccs2)cc1. The summed E-state index contributed by atoms with van der Waals surface area (Å²) < 4.78 is 27.0. The second-order valence-electron chi connectivity index (χ2n) is 5.26. The van der Waals surface area contributed by atoms with Crippen molar-refractivity contribution in [2.45, 2.75) is 4.90 Å². The molecule has 0 aliphatic carbocycles. The first-order valence-electron chi connectivity index (χ1n) is 7.78. The Balaban J connectivity index is 1.56. The topological polar surface area (TPSA) is 100 Å². The molecule has 0 radical (unpaired) electrons. The van der Waals surface area contributed by atoms with Crippen LogP contribution in [0.1, 0.15) is 4.88 Å². The third kappa shape index (κ3) is 5.70. The number of nitrogens with one attached hydrogen (secondary N) is 3. The number of thiazole rings is 1. The summed E-state index contributed by atoms with van der Waals surface area (Å²) in [5, 5.41) is 9.36. The second-order valence-corrected chi connectivity index (χ2v) is 9.22. The normalized spacial score (nSPS) is 11.3. The predicted molar refractivity (Wildman–Crippen MR) is 117 cm³/mol. The Kier molecular flexibility index (Phi) is 6.52. The van der Waals surface area contributed by atoms with E-state index in [0.29, 0.717) is 10.8 Å².